The largest absolute Gasteiger partial charge is 0.379 e. The monoisotopic (exact) mass is 220 g/mol. The zero-order valence-electron chi connectivity index (χ0n) is 9.22. The van der Waals surface area contributed by atoms with Crippen molar-refractivity contribution in [3.8, 4) is 0 Å². The molecule has 0 atom stereocenters. The van der Waals surface area contributed by atoms with E-state index in [4.69, 9.17) is 25.3 Å². The van der Waals surface area contributed by atoms with Crippen LogP contribution in [0.4, 0.5) is 0 Å². The Labute approximate surface area is 89.9 Å². The zero-order chi connectivity index (χ0) is 11.8. The molecule has 0 bridgehead atoms. The first-order valence-corrected chi connectivity index (χ1v) is 4.84. The van der Waals surface area contributed by atoms with Crippen LogP contribution in [0.15, 0.2) is 0 Å². The Hall–Kier alpha value is -0.850. The lowest BCUT2D eigenvalue weighted by molar-refractivity contribution is -0.374. The van der Waals surface area contributed by atoms with E-state index in [1.165, 1.54) is 4.91 Å². The third kappa shape index (κ3) is 24.6. The number of quaternary nitrogens is 1. The van der Waals surface area contributed by atoms with Gasteiger partial charge in [-0.25, -0.2) is 0 Å². The van der Waals surface area contributed by atoms with Gasteiger partial charge in [-0.05, 0) is 6.92 Å². The molecule has 3 N–H and O–H groups in total. The van der Waals surface area contributed by atoms with Gasteiger partial charge in [-0.1, -0.05) is 0 Å². The van der Waals surface area contributed by atoms with Crippen molar-refractivity contribution >= 4 is 0 Å². The molecule has 90 valence electrons. The molecule has 0 aromatic rings. The molecular weight excluding hydrogens is 200 g/mol. The Morgan fingerprint density at radius 2 is 1.33 bits per heavy atom. The molecule has 15 heavy (non-hydrogen) atoms. The maximum atomic E-state index is 6.75. The first-order chi connectivity index (χ1) is 7.33. The van der Waals surface area contributed by atoms with Crippen LogP contribution in [0.5, 0.6) is 0 Å². The van der Waals surface area contributed by atoms with Crippen LogP contribution in [0.25, 0.3) is 16.0 Å². The zero-order valence-corrected chi connectivity index (χ0v) is 9.22. The SMILES string of the molecule is CCOCCOCCOCC[NH3+].[N-]=[N+]=[N-]. The first kappa shape index (κ1) is 16.6. The van der Waals surface area contributed by atoms with Crippen LogP contribution in [0.2, 0.25) is 0 Å². The van der Waals surface area contributed by atoms with Gasteiger partial charge in [0, 0.05) is 6.61 Å². The number of rotatable bonds is 9. The molecule has 0 aromatic heterocycles. The quantitative estimate of drug-likeness (QED) is 0.258. The fourth-order valence-electron chi connectivity index (χ4n) is 0.686. The molecule has 7 heteroatoms. The highest BCUT2D eigenvalue weighted by molar-refractivity contribution is 4.36. The second-order valence-corrected chi connectivity index (χ2v) is 2.36. The topological polar surface area (TPSA) is 114 Å². The van der Waals surface area contributed by atoms with Crippen molar-refractivity contribution in [2.75, 3.05) is 46.2 Å². The van der Waals surface area contributed by atoms with Crippen LogP contribution in [0, 0.1) is 0 Å². The highest BCUT2D eigenvalue weighted by Crippen LogP contribution is 1.79. The van der Waals surface area contributed by atoms with E-state index in [0.29, 0.717) is 26.4 Å². The number of hydrogen-bond donors (Lipinski definition) is 1. The smallest absolute Gasteiger partial charge is 0.0977 e. The summed E-state index contributed by atoms with van der Waals surface area (Å²) < 4.78 is 15.5. The van der Waals surface area contributed by atoms with Gasteiger partial charge in [0.05, 0.1) is 39.6 Å². The molecule has 7 nitrogen and oxygen atoms in total. The fraction of sp³-hybridized carbons (Fsp3) is 1.00. The van der Waals surface area contributed by atoms with Crippen LogP contribution in [0.3, 0.4) is 0 Å². The van der Waals surface area contributed by atoms with Gasteiger partial charge < -0.3 is 31.0 Å². The Bertz CT molecular complexity index is 130. The second-order valence-electron chi connectivity index (χ2n) is 2.36. The number of nitrogens with zero attached hydrogens (tertiary/aromatic N) is 3. The van der Waals surface area contributed by atoms with E-state index in [0.717, 1.165) is 19.8 Å². The van der Waals surface area contributed by atoms with E-state index in [1.807, 2.05) is 6.92 Å². The number of ether oxygens (including phenoxy) is 3. The Kier molecular flexibility index (Phi) is 20.8. The van der Waals surface area contributed by atoms with Gasteiger partial charge in [0.15, 0.2) is 0 Å². The molecule has 0 heterocycles. The molecule has 0 aromatic carbocycles. The van der Waals surface area contributed by atoms with Crippen molar-refractivity contribution in [2.24, 2.45) is 0 Å². The summed E-state index contributed by atoms with van der Waals surface area (Å²) in [7, 11) is 0. The Morgan fingerprint density at radius 3 is 1.73 bits per heavy atom. The summed E-state index contributed by atoms with van der Waals surface area (Å²) >= 11 is 0. The normalized spacial score (nSPS) is 8.93. The third-order valence-corrected chi connectivity index (χ3v) is 1.24. The van der Waals surface area contributed by atoms with E-state index in [-0.39, 0.29) is 0 Å². The van der Waals surface area contributed by atoms with E-state index in [2.05, 4.69) is 5.73 Å². The summed E-state index contributed by atoms with van der Waals surface area (Å²) in [6, 6.07) is 0. The molecule has 0 rings (SSSR count). The Morgan fingerprint density at radius 1 is 0.933 bits per heavy atom. The van der Waals surface area contributed by atoms with E-state index < -0.39 is 0 Å². The van der Waals surface area contributed by atoms with Crippen LogP contribution in [0.1, 0.15) is 6.92 Å². The second kappa shape index (κ2) is 18.8. The lowest BCUT2D eigenvalue weighted by Crippen LogP contribution is -2.52. The average molecular weight is 220 g/mol. The molecule has 0 aliphatic heterocycles. The van der Waals surface area contributed by atoms with Crippen LogP contribution < -0.4 is 5.73 Å². The van der Waals surface area contributed by atoms with Gasteiger partial charge in [0.1, 0.15) is 0 Å². The summed E-state index contributed by atoms with van der Waals surface area (Å²) in [6.07, 6.45) is 0. The van der Waals surface area contributed by atoms with E-state index in [1.54, 1.807) is 0 Å². The van der Waals surface area contributed by atoms with Crippen LogP contribution in [-0.2, 0) is 14.2 Å². The van der Waals surface area contributed by atoms with Crippen molar-refractivity contribution in [1.82, 2.24) is 0 Å². The van der Waals surface area contributed by atoms with Crippen molar-refractivity contribution in [3.63, 3.8) is 0 Å². The molecule has 0 spiro atoms. The van der Waals surface area contributed by atoms with Gasteiger partial charge in [0.2, 0.25) is 0 Å². The van der Waals surface area contributed by atoms with Crippen LogP contribution >= 0.6 is 0 Å². The molecule has 0 aliphatic rings. The lowest BCUT2D eigenvalue weighted by Gasteiger charge is -2.03. The van der Waals surface area contributed by atoms with Crippen LogP contribution in [-0.4, -0.2) is 46.2 Å². The van der Waals surface area contributed by atoms with Crippen molar-refractivity contribution in [3.05, 3.63) is 16.0 Å². The fourth-order valence-corrected chi connectivity index (χ4v) is 0.686. The predicted octanol–water partition coefficient (Wildman–Crippen LogP) is 0.164. The maximum Gasteiger partial charge on any atom is 0.0977 e. The standard InChI is InChI=1S/C8H19NO3.N3/c1-2-10-5-6-12-8-7-11-4-3-9;1-3-2/h2-9H2,1H3;/q;-1/p+1. The highest BCUT2D eigenvalue weighted by Gasteiger charge is 1.89. The molecule has 0 aliphatic carbocycles. The highest BCUT2D eigenvalue weighted by atomic mass is 16.5. The van der Waals surface area contributed by atoms with Gasteiger partial charge in [-0.3, -0.25) is 4.91 Å². The molecule has 0 unspecified atom stereocenters. The lowest BCUT2D eigenvalue weighted by atomic mass is 10.7. The summed E-state index contributed by atoms with van der Waals surface area (Å²) in [4.78, 5) is 1.50. The predicted molar refractivity (Wildman–Crippen MR) is 56.0 cm³/mol. The minimum Gasteiger partial charge on any atom is -0.379 e. The van der Waals surface area contributed by atoms with Gasteiger partial charge in [0.25, 0.3) is 0 Å². The third-order valence-electron chi connectivity index (χ3n) is 1.24. The summed E-state index contributed by atoms with van der Waals surface area (Å²) in [5.41, 5.74) is 17.2. The average Bonchev–Trinajstić information content (AvgIpc) is 2.23. The molecule has 0 radical (unpaired) electrons. The first-order valence-electron chi connectivity index (χ1n) is 4.84. The minimum absolute atomic E-state index is 0.646. The number of hydrogen-bond acceptors (Lipinski definition) is 3. The Balaban J connectivity index is 0. The molecular formula is C8H20N4O3. The molecule has 0 saturated heterocycles. The van der Waals surface area contributed by atoms with E-state index in [9.17, 15) is 0 Å². The van der Waals surface area contributed by atoms with E-state index >= 15 is 0 Å². The minimum atomic E-state index is 0.646. The summed E-state index contributed by atoms with van der Waals surface area (Å²) in [6.45, 7) is 6.88. The summed E-state index contributed by atoms with van der Waals surface area (Å²) in [5.74, 6) is 0. The molecule has 0 amide bonds. The summed E-state index contributed by atoms with van der Waals surface area (Å²) in [5, 5.41) is 0. The van der Waals surface area contributed by atoms with Gasteiger partial charge >= 0.3 is 0 Å². The maximum absolute atomic E-state index is 6.75. The van der Waals surface area contributed by atoms with Crippen molar-refractivity contribution in [2.45, 2.75) is 6.92 Å². The van der Waals surface area contributed by atoms with Crippen molar-refractivity contribution in [1.29, 1.82) is 0 Å². The van der Waals surface area contributed by atoms with Gasteiger partial charge in [-0.15, -0.1) is 0 Å². The molecule has 0 saturated carbocycles. The molecule has 0 fully saturated rings. The van der Waals surface area contributed by atoms with Crippen molar-refractivity contribution < 1.29 is 19.9 Å². The van der Waals surface area contributed by atoms with Gasteiger partial charge in [-0.2, -0.15) is 0 Å².